The first-order chi connectivity index (χ1) is 5.61. The molecule has 1 aliphatic heterocycles. The molecule has 1 saturated heterocycles. The summed E-state index contributed by atoms with van der Waals surface area (Å²) in [5.74, 6) is 0.833. The smallest absolute Gasteiger partial charge is 0.249 e. The van der Waals surface area contributed by atoms with Crippen LogP contribution in [0.4, 0.5) is 0 Å². The minimum Gasteiger partial charge on any atom is -0.285 e. The molecule has 0 aromatic heterocycles. The van der Waals surface area contributed by atoms with E-state index in [1.165, 1.54) is 12.1 Å². The summed E-state index contributed by atoms with van der Waals surface area (Å²) in [4.78, 5) is 11.2. The summed E-state index contributed by atoms with van der Waals surface area (Å²) in [6, 6.07) is 0.0809. The van der Waals surface area contributed by atoms with Crippen molar-refractivity contribution in [2.75, 3.05) is 7.05 Å². The van der Waals surface area contributed by atoms with Gasteiger partial charge >= 0.3 is 0 Å². The lowest BCUT2D eigenvalue weighted by Gasteiger charge is -2.14. The number of amides is 1. The van der Waals surface area contributed by atoms with Crippen molar-refractivity contribution in [3.63, 3.8) is 0 Å². The lowest BCUT2D eigenvalue weighted by Crippen LogP contribution is -2.29. The highest BCUT2D eigenvalue weighted by Crippen LogP contribution is 2.21. The third-order valence-corrected chi connectivity index (χ3v) is 2.88. The summed E-state index contributed by atoms with van der Waals surface area (Å²) >= 11 is 1.40. The van der Waals surface area contributed by atoms with Crippen molar-refractivity contribution in [1.82, 2.24) is 9.03 Å². The molecule has 0 aliphatic carbocycles. The average Bonchev–Trinajstić information content (AvgIpc) is 2.28. The third-order valence-electron chi connectivity index (χ3n) is 2.05. The van der Waals surface area contributed by atoms with Gasteiger partial charge in [0.25, 0.3) is 0 Å². The van der Waals surface area contributed by atoms with E-state index in [9.17, 15) is 4.79 Å². The molecule has 1 fully saturated rings. The highest BCUT2D eigenvalue weighted by atomic mass is 32.2. The number of nitrogens with zero attached hydrogens (tertiary/aromatic N) is 1. The molecular formula is C8H16N2OS. The maximum absolute atomic E-state index is 11.2. The van der Waals surface area contributed by atoms with Gasteiger partial charge in [-0.05, 0) is 18.8 Å². The molecule has 0 saturated carbocycles. The molecule has 0 radical (unpaired) electrons. The fourth-order valence-electron chi connectivity index (χ4n) is 1.22. The Bertz CT molecular complexity index is 172. The molecular weight excluding hydrogens is 172 g/mol. The number of hydrogen-bond donors (Lipinski definition) is 1. The van der Waals surface area contributed by atoms with Crippen molar-refractivity contribution < 1.29 is 4.79 Å². The van der Waals surface area contributed by atoms with Crippen LogP contribution in [0.15, 0.2) is 0 Å². The highest BCUT2D eigenvalue weighted by Gasteiger charge is 2.30. The van der Waals surface area contributed by atoms with E-state index >= 15 is 0 Å². The topological polar surface area (TPSA) is 32.3 Å². The van der Waals surface area contributed by atoms with E-state index in [1.807, 2.05) is 11.4 Å². The summed E-state index contributed by atoms with van der Waals surface area (Å²) in [5.41, 5.74) is 0. The van der Waals surface area contributed by atoms with Gasteiger partial charge in [0, 0.05) is 19.2 Å². The molecule has 1 unspecified atom stereocenters. The molecule has 3 nitrogen and oxygen atoms in total. The first-order valence-electron chi connectivity index (χ1n) is 4.31. The first-order valence-corrected chi connectivity index (χ1v) is 5.08. The van der Waals surface area contributed by atoms with Crippen LogP contribution >= 0.6 is 12.1 Å². The molecule has 12 heavy (non-hydrogen) atoms. The van der Waals surface area contributed by atoms with Crippen LogP contribution in [-0.2, 0) is 4.79 Å². The Morgan fingerprint density at radius 1 is 1.67 bits per heavy atom. The minimum atomic E-state index is 0.0809. The molecule has 0 spiro atoms. The monoisotopic (exact) mass is 188 g/mol. The van der Waals surface area contributed by atoms with Gasteiger partial charge in [-0.15, -0.1) is 0 Å². The second-order valence-electron chi connectivity index (χ2n) is 3.59. The number of nitrogens with one attached hydrogen (secondary N) is 1. The average molecular weight is 188 g/mol. The molecule has 1 N–H and O–H groups in total. The minimum absolute atomic E-state index is 0.0809. The van der Waals surface area contributed by atoms with Crippen LogP contribution in [0.3, 0.4) is 0 Å². The second-order valence-corrected chi connectivity index (χ2v) is 4.55. The van der Waals surface area contributed by atoms with Gasteiger partial charge in [0.2, 0.25) is 5.91 Å². The standard InChI is InChI=1S/C8H16N2OS/c1-6(2)4-5-7-8(11)9-12-10(7)3/h6-7H,4-5H2,1-3H3,(H,9,11). The Labute approximate surface area is 78.2 Å². The van der Waals surface area contributed by atoms with Crippen molar-refractivity contribution in [3.8, 4) is 0 Å². The van der Waals surface area contributed by atoms with Gasteiger partial charge in [-0.3, -0.25) is 9.52 Å². The molecule has 0 bridgehead atoms. The molecule has 1 atom stereocenters. The van der Waals surface area contributed by atoms with E-state index in [0.717, 1.165) is 12.8 Å². The van der Waals surface area contributed by atoms with Crippen LogP contribution in [0.2, 0.25) is 0 Å². The van der Waals surface area contributed by atoms with Crippen molar-refractivity contribution in [3.05, 3.63) is 0 Å². The molecule has 1 amide bonds. The second kappa shape index (κ2) is 4.14. The van der Waals surface area contributed by atoms with E-state index in [4.69, 9.17) is 0 Å². The summed E-state index contributed by atoms with van der Waals surface area (Å²) in [6.07, 6.45) is 2.08. The SMILES string of the molecule is CC(C)CCC1C(=O)NSN1C. The number of likely N-dealkylation sites (N-methyl/N-ethyl adjacent to an activating group) is 1. The van der Waals surface area contributed by atoms with E-state index in [2.05, 4.69) is 18.6 Å². The summed E-state index contributed by atoms with van der Waals surface area (Å²) < 4.78 is 4.74. The van der Waals surface area contributed by atoms with E-state index in [-0.39, 0.29) is 11.9 Å². The fraction of sp³-hybridized carbons (Fsp3) is 0.875. The molecule has 0 aromatic rings. The molecule has 4 heteroatoms. The van der Waals surface area contributed by atoms with E-state index < -0.39 is 0 Å². The van der Waals surface area contributed by atoms with Crippen LogP contribution in [0.5, 0.6) is 0 Å². The van der Waals surface area contributed by atoms with E-state index in [1.54, 1.807) is 0 Å². The summed E-state index contributed by atoms with van der Waals surface area (Å²) in [6.45, 7) is 4.36. The van der Waals surface area contributed by atoms with Crippen molar-refractivity contribution in [2.45, 2.75) is 32.7 Å². The Balaban J connectivity index is 2.34. The Morgan fingerprint density at radius 2 is 2.33 bits per heavy atom. The largest absolute Gasteiger partial charge is 0.285 e. The zero-order chi connectivity index (χ0) is 9.14. The van der Waals surface area contributed by atoms with Gasteiger partial charge < -0.3 is 0 Å². The summed E-state index contributed by atoms with van der Waals surface area (Å²) in [7, 11) is 1.95. The molecule has 1 rings (SSSR count). The van der Waals surface area contributed by atoms with Crippen molar-refractivity contribution >= 4 is 18.0 Å². The van der Waals surface area contributed by atoms with Gasteiger partial charge in [0.1, 0.15) is 6.04 Å². The van der Waals surface area contributed by atoms with Gasteiger partial charge in [-0.25, -0.2) is 4.31 Å². The first kappa shape index (κ1) is 9.86. The third kappa shape index (κ3) is 2.38. The van der Waals surface area contributed by atoms with Crippen LogP contribution in [0, 0.1) is 5.92 Å². The summed E-state index contributed by atoms with van der Waals surface area (Å²) in [5, 5.41) is 0. The van der Waals surface area contributed by atoms with Crippen molar-refractivity contribution in [1.29, 1.82) is 0 Å². The van der Waals surface area contributed by atoms with Gasteiger partial charge in [0.05, 0.1) is 0 Å². The quantitative estimate of drug-likeness (QED) is 0.680. The van der Waals surface area contributed by atoms with Gasteiger partial charge in [0.15, 0.2) is 0 Å². The number of rotatable bonds is 3. The number of carbonyl (C=O) groups is 1. The normalized spacial score (nSPS) is 25.0. The number of hydrogen-bond acceptors (Lipinski definition) is 3. The van der Waals surface area contributed by atoms with Crippen LogP contribution in [0.25, 0.3) is 0 Å². The molecule has 1 heterocycles. The maximum Gasteiger partial charge on any atom is 0.249 e. The molecule has 1 aliphatic rings. The Morgan fingerprint density at radius 3 is 2.75 bits per heavy atom. The van der Waals surface area contributed by atoms with Crippen LogP contribution < -0.4 is 4.72 Å². The lowest BCUT2D eigenvalue weighted by atomic mass is 10.0. The maximum atomic E-state index is 11.2. The Kier molecular flexibility index (Phi) is 3.40. The van der Waals surface area contributed by atoms with Crippen LogP contribution in [0.1, 0.15) is 26.7 Å². The van der Waals surface area contributed by atoms with Crippen molar-refractivity contribution in [2.24, 2.45) is 5.92 Å². The molecule has 70 valence electrons. The zero-order valence-corrected chi connectivity index (χ0v) is 8.65. The number of carbonyl (C=O) groups excluding carboxylic acids is 1. The van der Waals surface area contributed by atoms with E-state index in [0.29, 0.717) is 5.92 Å². The fourth-order valence-corrected chi connectivity index (χ4v) is 1.92. The lowest BCUT2D eigenvalue weighted by molar-refractivity contribution is -0.121. The molecule has 0 aromatic carbocycles. The highest BCUT2D eigenvalue weighted by molar-refractivity contribution is 7.96. The van der Waals surface area contributed by atoms with Gasteiger partial charge in [-0.1, -0.05) is 13.8 Å². The predicted molar refractivity (Wildman–Crippen MR) is 51.4 cm³/mol. The predicted octanol–water partition coefficient (Wildman–Crippen LogP) is 1.42. The van der Waals surface area contributed by atoms with Crippen LogP contribution in [-0.4, -0.2) is 23.3 Å². The Hall–Kier alpha value is -0.220. The zero-order valence-electron chi connectivity index (χ0n) is 7.83. The van der Waals surface area contributed by atoms with Gasteiger partial charge in [-0.2, -0.15) is 0 Å².